The van der Waals surface area contributed by atoms with Crippen molar-refractivity contribution in [2.45, 2.75) is 57.8 Å². The zero-order valence-electron chi connectivity index (χ0n) is 18.6. The highest BCUT2D eigenvalue weighted by molar-refractivity contribution is 5.94. The zero-order valence-corrected chi connectivity index (χ0v) is 18.6. The van der Waals surface area contributed by atoms with Crippen molar-refractivity contribution < 1.29 is 19.4 Å². The molecule has 2 N–H and O–H groups in total. The summed E-state index contributed by atoms with van der Waals surface area (Å²) >= 11 is 0. The molecule has 32 heavy (non-hydrogen) atoms. The highest BCUT2D eigenvalue weighted by Gasteiger charge is 2.12. The molecule has 2 aromatic carbocycles. The summed E-state index contributed by atoms with van der Waals surface area (Å²) in [5.74, 6) is -0.150. The van der Waals surface area contributed by atoms with Crippen LogP contribution >= 0.6 is 0 Å². The number of fused-ring (bicyclic) bond motifs is 1. The van der Waals surface area contributed by atoms with Crippen LogP contribution < -0.4 is 10.1 Å². The van der Waals surface area contributed by atoms with Gasteiger partial charge in [0.25, 0.3) is 0 Å². The molecule has 0 saturated heterocycles. The van der Waals surface area contributed by atoms with Gasteiger partial charge in [-0.25, -0.2) is 0 Å². The Morgan fingerprint density at radius 1 is 1.06 bits per heavy atom. The average molecular weight is 436 g/mol. The number of benzene rings is 2. The lowest BCUT2D eigenvalue weighted by Gasteiger charge is -2.15. The summed E-state index contributed by atoms with van der Waals surface area (Å²) in [5.41, 5.74) is 2.02. The molecule has 2 aromatic rings. The molecule has 1 aliphatic rings. The van der Waals surface area contributed by atoms with Crippen LogP contribution in [0.4, 0.5) is 0 Å². The second-order valence-electron chi connectivity index (χ2n) is 8.25. The molecule has 0 radical (unpaired) electrons. The van der Waals surface area contributed by atoms with Crippen LogP contribution in [0.15, 0.2) is 65.8 Å². The van der Waals surface area contributed by atoms with Crippen molar-refractivity contribution in [2.75, 3.05) is 13.2 Å². The zero-order chi connectivity index (χ0) is 22.6. The summed E-state index contributed by atoms with van der Waals surface area (Å²) in [6, 6.07) is 13.9. The molecule has 0 spiro atoms. The van der Waals surface area contributed by atoms with Gasteiger partial charge in [-0.2, -0.15) is 0 Å². The first kappa shape index (κ1) is 23.6. The largest absolute Gasteiger partial charge is 0.488 e. The van der Waals surface area contributed by atoms with E-state index in [4.69, 9.17) is 9.84 Å². The fraction of sp³-hybridized carbons (Fsp3) is 0.407. The fourth-order valence-electron chi connectivity index (χ4n) is 3.97. The van der Waals surface area contributed by atoms with E-state index in [9.17, 15) is 9.59 Å². The van der Waals surface area contributed by atoms with Crippen LogP contribution in [-0.4, -0.2) is 30.1 Å². The molecule has 1 aliphatic carbocycles. The Hall–Kier alpha value is -3.08. The Labute approximate surface area is 190 Å². The molecule has 0 fully saturated rings. The normalized spacial score (nSPS) is 14.1. The maximum Gasteiger partial charge on any atom is 0.303 e. The second-order valence-corrected chi connectivity index (χ2v) is 8.25. The number of carboxylic acid groups (broad SMARTS) is 1. The number of hydrogen-bond donors (Lipinski definition) is 2. The third kappa shape index (κ3) is 7.56. The van der Waals surface area contributed by atoms with Crippen molar-refractivity contribution in [3.63, 3.8) is 0 Å². The minimum absolute atomic E-state index is 0.111. The van der Waals surface area contributed by atoms with Crippen LogP contribution in [0.3, 0.4) is 0 Å². The van der Waals surface area contributed by atoms with Gasteiger partial charge in [0.2, 0.25) is 5.91 Å². The molecule has 0 saturated carbocycles. The van der Waals surface area contributed by atoms with E-state index in [-0.39, 0.29) is 18.9 Å². The van der Waals surface area contributed by atoms with E-state index in [0.29, 0.717) is 25.0 Å². The van der Waals surface area contributed by atoms with E-state index in [2.05, 4.69) is 11.4 Å². The number of aliphatic carboxylic acids is 1. The summed E-state index contributed by atoms with van der Waals surface area (Å²) in [6.45, 7) is 0.802. The first-order valence-electron chi connectivity index (χ1n) is 11.6. The predicted molar refractivity (Wildman–Crippen MR) is 128 cm³/mol. The number of amides is 1. The molecular weight excluding hydrogens is 402 g/mol. The number of unbranched alkanes of at least 4 members (excludes halogenated alkanes) is 2. The molecule has 3 rings (SSSR count). The summed E-state index contributed by atoms with van der Waals surface area (Å²) < 4.78 is 6.06. The minimum Gasteiger partial charge on any atom is -0.488 e. The summed E-state index contributed by atoms with van der Waals surface area (Å²) in [5, 5.41) is 14.0. The Morgan fingerprint density at radius 2 is 1.91 bits per heavy atom. The monoisotopic (exact) mass is 435 g/mol. The molecule has 1 amide bonds. The molecule has 0 aliphatic heterocycles. The SMILES string of the molecule is O=C(O)CCCCC=C(COc1cccc2ccccc12)C(=O)NCCC1=CCCCC1. The van der Waals surface area contributed by atoms with Gasteiger partial charge in [0, 0.05) is 18.4 Å². The van der Waals surface area contributed by atoms with Gasteiger partial charge in [0.1, 0.15) is 12.4 Å². The minimum atomic E-state index is -0.789. The van der Waals surface area contributed by atoms with Crippen molar-refractivity contribution in [2.24, 2.45) is 0 Å². The van der Waals surface area contributed by atoms with Gasteiger partial charge in [-0.15, -0.1) is 0 Å². The number of hydrogen-bond acceptors (Lipinski definition) is 3. The summed E-state index contributed by atoms with van der Waals surface area (Å²) in [6.07, 6.45) is 12.0. The van der Waals surface area contributed by atoms with Crippen LogP contribution in [0, 0.1) is 0 Å². The molecule has 0 heterocycles. The maximum atomic E-state index is 12.9. The van der Waals surface area contributed by atoms with Gasteiger partial charge >= 0.3 is 5.97 Å². The van der Waals surface area contributed by atoms with Crippen LogP contribution in [0.25, 0.3) is 10.8 Å². The molecule has 0 bridgehead atoms. The maximum absolute atomic E-state index is 12.9. The molecule has 5 heteroatoms. The van der Waals surface area contributed by atoms with E-state index < -0.39 is 5.97 Å². The van der Waals surface area contributed by atoms with Gasteiger partial charge in [-0.1, -0.05) is 54.1 Å². The van der Waals surface area contributed by atoms with Gasteiger partial charge in [-0.05, 0) is 62.8 Å². The number of ether oxygens (including phenoxy) is 1. The number of nitrogens with one attached hydrogen (secondary N) is 1. The average Bonchev–Trinajstić information content (AvgIpc) is 2.81. The number of allylic oxidation sites excluding steroid dienone is 2. The van der Waals surface area contributed by atoms with E-state index in [1.165, 1.54) is 18.4 Å². The van der Waals surface area contributed by atoms with Crippen LogP contribution in [0.2, 0.25) is 0 Å². The van der Waals surface area contributed by atoms with Gasteiger partial charge < -0.3 is 15.2 Å². The van der Waals surface area contributed by atoms with Gasteiger partial charge in [0.05, 0.1) is 5.57 Å². The Balaban J connectivity index is 1.60. The molecule has 0 unspecified atom stereocenters. The summed E-state index contributed by atoms with van der Waals surface area (Å²) in [4.78, 5) is 23.6. The summed E-state index contributed by atoms with van der Waals surface area (Å²) in [7, 11) is 0. The molecule has 0 aromatic heterocycles. The lowest BCUT2D eigenvalue weighted by Crippen LogP contribution is -2.28. The third-order valence-corrected chi connectivity index (χ3v) is 5.78. The number of carboxylic acids is 1. The molecular formula is C27H33NO4. The number of carbonyl (C=O) groups is 2. The first-order chi connectivity index (χ1) is 15.6. The Bertz CT molecular complexity index is 971. The molecule has 0 atom stereocenters. The van der Waals surface area contributed by atoms with Crippen molar-refractivity contribution in [3.05, 3.63) is 65.8 Å². The lowest BCUT2D eigenvalue weighted by molar-refractivity contribution is -0.137. The van der Waals surface area contributed by atoms with E-state index in [0.717, 1.165) is 42.2 Å². The van der Waals surface area contributed by atoms with E-state index in [1.54, 1.807) is 0 Å². The van der Waals surface area contributed by atoms with Crippen LogP contribution in [0.1, 0.15) is 57.8 Å². The lowest BCUT2D eigenvalue weighted by atomic mass is 9.97. The molecule has 5 nitrogen and oxygen atoms in total. The van der Waals surface area contributed by atoms with Gasteiger partial charge in [0.15, 0.2) is 0 Å². The smallest absolute Gasteiger partial charge is 0.303 e. The Morgan fingerprint density at radius 3 is 2.72 bits per heavy atom. The fourth-order valence-corrected chi connectivity index (χ4v) is 3.97. The third-order valence-electron chi connectivity index (χ3n) is 5.78. The van der Waals surface area contributed by atoms with Crippen molar-refractivity contribution >= 4 is 22.6 Å². The van der Waals surface area contributed by atoms with E-state index >= 15 is 0 Å². The topological polar surface area (TPSA) is 75.6 Å². The first-order valence-corrected chi connectivity index (χ1v) is 11.6. The van der Waals surface area contributed by atoms with E-state index in [1.807, 2.05) is 48.5 Å². The predicted octanol–water partition coefficient (Wildman–Crippen LogP) is 5.80. The van der Waals surface area contributed by atoms with Crippen LogP contribution in [-0.2, 0) is 9.59 Å². The number of carbonyl (C=O) groups excluding carboxylic acids is 1. The highest BCUT2D eigenvalue weighted by atomic mass is 16.5. The Kier molecular flexibility index (Phi) is 9.36. The molecule has 170 valence electrons. The van der Waals surface area contributed by atoms with Crippen molar-refractivity contribution in [3.8, 4) is 5.75 Å². The quantitative estimate of drug-likeness (QED) is 0.251. The number of rotatable bonds is 12. The second kappa shape index (κ2) is 12.7. The van der Waals surface area contributed by atoms with Gasteiger partial charge in [-0.3, -0.25) is 9.59 Å². The van der Waals surface area contributed by atoms with Crippen LogP contribution in [0.5, 0.6) is 5.75 Å². The van der Waals surface area contributed by atoms with Crippen molar-refractivity contribution in [1.29, 1.82) is 0 Å². The highest BCUT2D eigenvalue weighted by Crippen LogP contribution is 2.25. The van der Waals surface area contributed by atoms with Crippen molar-refractivity contribution in [1.82, 2.24) is 5.32 Å². The standard InChI is InChI=1S/C27H33NO4/c29-26(30)17-6-2-5-13-23(27(31)28-19-18-21-10-3-1-4-11-21)20-32-25-16-9-14-22-12-7-8-15-24(22)25/h7-10,12-16H,1-6,11,17-20H2,(H,28,31)(H,29,30).